The van der Waals surface area contributed by atoms with Gasteiger partial charge in [-0.2, -0.15) is 0 Å². The zero-order valence-corrected chi connectivity index (χ0v) is 14.4. The number of likely N-dealkylation sites (tertiary alicyclic amines) is 1. The Bertz CT molecular complexity index is 507. The second-order valence-corrected chi connectivity index (χ2v) is 8.34. The van der Waals surface area contributed by atoms with Gasteiger partial charge in [0.25, 0.3) is 0 Å². The van der Waals surface area contributed by atoms with Crippen molar-refractivity contribution in [2.75, 3.05) is 32.4 Å². The normalized spacial score (nSPS) is 19.5. The highest BCUT2D eigenvalue weighted by Crippen LogP contribution is 2.21. The molecule has 0 aromatic heterocycles. The predicted octanol–water partition coefficient (Wildman–Crippen LogP) is 2.15. The molecular weight excluding hydrogens is 300 g/mol. The molecule has 1 fully saturated rings. The minimum atomic E-state index is -3.25. The first-order valence-corrected chi connectivity index (χ1v) is 10.2. The average molecular weight is 328 g/mol. The molecule has 0 N–H and O–H groups in total. The minimum Gasteiger partial charge on any atom is -0.343 e. The third-order valence-electron chi connectivity index (χ3n) is 4.57. The second kappa shape index (κ2) is 8.11. The summed E-state index contributed by atoms with van der Waals surface area (Å²) >= 11 is 0. The molecule has 0 aromatic carbocycles. The SMILES string of the molecule is CS(=O)(=O)N(CCC(=O)N1CCCC1)CCC1=CCCCC1. The number of nitrogens with zero attached hydrogens (tertiary/aromatic N) is 2. The van der Waals surface area contributed by atoms with E-state index in [-0.39, 0.29) is 5.91 Å². The van der Waals surface area contributed by atoms with Crippen LogP contribution in [-0.2, 0) is 14.8 Å². The molecule has 126 valence electrons. The summed E-state index contributed by atoms with van der Waals surface area (Å²) in [6.45, 7) is 2.45. The molecular formula is C16H28N2O3S. The van der Waals surface area contributed by atoms with Gasteiger partial charge in [-0.05, 0) is 44.9 Å². The van der Waals surface area contributed by atoms with E-state index < -0.39 is 10.0 Å². The first kappa shape index (κ1) is 17.5. The molecule has 0 spiro atoms. The molecule has 1 aliphatic carbocycles. The summed E-state index contributed by atoms with van der Waals surface area (Å²) in [7, 11) is -3.25. The summed E-state index contributed by atoms with van der Waals surface area (Å²) in [6, 6.07) is 0. The number of carbonyl (C=O) groups excluding carboxylic acids is 1. The van der Waals surface area contributed by atoms with E-state index in [4.69, 9.17) is 0 Å². The van der Waals surface area contributed by atoms with E-state index in [0.717, 1.165) is 45.2 Å². The molecule has 0 radical (unpaired) electrons. The van der Waals surface area contributed by atoms with E-state index in [1.54, 1.807) is 0 Å². The summed E-state index contributed by atoms with van der Waals surface area (Å²) < 4.78 is 25.3. The Morgan fingerprint density at radius 2 is 1.91 bits per heavy atom. The minimum absolute atomic E-state index is 0.0861. The average Bonchev–Trinajstić information content (AvgIpc) is 3.01. The van der Waals surface area contributed by atoms with Crippen LogP contribution in [0.3, 0.4) is 0 Å². The molecule has 0 unspecified atom stereocenters. The molecule has 2 rings (SSSR count). The fourth-order valence-electron chi connectivity index (χ4n) is 3.19. The Labute approximate surface area is 134 Å². The van der Waals surface area contributed by atoms with Crippen molar-refractivity contribution >= 4 is 15.9 Å². The van der Waals surface area contributed by atoms with E-state index in [2.05, 4.69) is 6.08 Å². The quantitative estimate of drug-likeness (QED) is 0.673. The van der Waals surface area contributed by atoms with Crippen LogP contribution in [0.5, 0.6) is 0 Å². The van der Waals surface area contributed by atoms with Gasteiger partial charge in [-0.1, -0.05) is 11.6 Å². The molecule has 5 nitrogen and oxygen atoms in total. The number of hydrogen-bond acceptors (Lipinski definition) is 3. The molecule has 22 heavy (non-hydrogen) atoms. The van der Waals surface area contributed by atoms with Crippen molar-refractivity contribution in [3.8, 4) is 0 Å². The van der Waals surface area contributed by atoms with Crippen molar-refractivity contribution in [2.45, 2.75) is 51.4 Å². The Morgan fingerprint density at radius 3 is 2.50 bits per heavy atom. The fraction of sp³-hybridized carbons (Fsp3) is 0.812. The Morgan fingerprint density at radius 1 is 1.18 bits per heavy atom. The van der Waals surface area contributed by atoms with Crippen LogP contribution in [0.15, 0.2) is 11.6 Å². The van der Waals surface area contributed by atoms with Crippen LogP contribution in [0.1, 0.15) is 51.4 Å². The van der Waals surface area contributed by atoms with Crippen molar-refractivity contribution in [3.63, 3.8) is 0 Å². The second-order valence-electron chi connectivity index (χ2n) is 6.36. The van der Waals surface area contributed by atoms with Crippen LogP contribution in [0.4, 0.5) is 0 Å². The van der Waals surface area contributed by atoms with Crippen molar-refractivity contribution < 1.29 is 13.2 Å². The highest BCUT2D eigenvalue weighted by atomic mass is 32.2. The zero-order valence-electron chi connectivity index (χ0n) is 13.6. The molecule has 0 aromatic rings. The van der Waals surface area contributed by atoms with Gasteiger partial charge in [0.15, 0.2) is 0 Å². The molecule has 1 aliphatic heterocycles. The maximum absolute atomic E-state index is 12.1. The standard InChI is InChI=1S/C16H28N2O3S/c1-22(20,21)18(13-9-15-7-3-2-4-8-15)14-10-16(19)17-11-5-6-12-17/h7H,2-6,8-14H2,1H3. The van der Waals surface area contributed by atoms with Gasteiger partial charge in [0.1, 0.15) is 0 Å². The molecule has 2 aliphatic rings. The zero-order chi connectivity index (χ0) is 16.0. The van der Waals surface area contributed by atoms with Crippen LogP contribution in [0.25, 0.3) is 0 Å². The topological polar surface area (TPSA) is 57.7 Å². The van der Waals surface area contributed by atoms with Gasteiger partial charge in [-0.15, -0.1) is 0 Å². The van der Waals surface area contributed by atoms with Gasteiger partial charge in [0.2, 0.25) is 15.9 Å². The smallest absolute Gasteiger partial charge is 0.223 e. The monoisotopic (exact) mass is 328 g/mol. The van der Waals surface area contributed by atoms with E-state index in [0.29, 0.717) is 19.5 Å². The first-order valence-electron chi connectivity index (χ1n) is 8.37. The molecule has 0 bridgehead atoms. The molecule has 6 heteroatoms. The summed E-state index contributed by atoms with van der Waals surface area (Å²) in [6.07, 6.45) is 11.4. The Kier molecular flexibility index (Phi) is 6.44. The van der Waals surface area contributed by atoms with E-state index >= 15 is 0 Å². The third-order valence-corrected chi connectivity index (χ3v) is 5.87. The third kappa shape index (κ3) is 5.39. The number of carbonyl (C=O) groups is 1. The van der Waals surface area contributed by atoms with Crippen molar-refractivity contribution in [3.05, 3.63) is 11.6 Å². The maximum atomic E-state index is 12.1. The fourth-order valence-corrected chi connectivity index (χ4v) is 4.03. The lowest BCUT2D eigenvalue weighted by atomic mass is 9.97. The molecule has 1 amide bonds. The number of rotatable bonds is 7. The largest absolute Gasteiger partial charge is 0.343 e. The first-order chi connectivity index (χ1) is 10.5. The molecule has 1 heterocycles. The highest BCUT2D eigenvalue weighted by molar-refractivity contribution is 7.88. The number of amides is 1. The summed E-state index contributed by atoms with van der Waals surface area (Å²) in [4.78, 5) is 13.9. The van der Waals surface area contributed by atoms with Gasteiger partial charge in [0.05, 0.1) is 6.26 Å². The summed E-state index contributed by atoms with van der Waals surface area (Å²) in [5.74, 6) is 0.0861. The lowest BCUT2D eigenvalue weighted by Crippen LogP contribution is -2.36. The number of hydrogen-bond donors (Lipinski definition) is 0. The Balaban J connectivity index is 1.83. The molecule has 0 atom stereocenters. The van der Waals surface area contributed by atoms with Crippen molar-refractivity contribution in [1.82, 2.24) is 9.21 Å². The van der Waals surface area contributed by atoms with Crippen LogP contribution in [0.2, 0.25) is 0 Å². The van der Waals surface area contributed by atoms with Gasteiger partial charge in [-0.25, -0.2) is 12.7 Å². The van der Waals surface area contributed by atoms with Crippen LogP contribution < -0.4 is 0 Å². The van der Waals surface area contributed by atoms with Crippen LogP contribution in [-0.4, -0.2) is 56.0 Å². The van der Waals surface area contributed by atoms with Gasteiger partial charge < -0.3 is 4.90 Å². The van der Waals surface area contributed by atoms with Gasteiger partial charge in [-0.3, -0.25) is 4.79 Å². The van der Waals surface area contributed by atoms with Crippen LogP contribution >= 0.6 is 0 Å². The lowest BCUT2D eigenvalue weighted by Gasteiger charge is -2.23. The van der Waals surface area contributed by atoms with Crippen molar-refractivity contribution in [1.29, 1.82) is 0 Å². The van der Waals surface area contributed by atoms with Gasteiger partial charge >= 0.3 is 0 Å². The van der Waals surface area contributed by atoms with Crippen LogP contribution in [0, 0.1) is 0 Å². The van der Waals surface area contributed by atoms with E-state index in [1.165, 1.54) is 29.0 Å². The number of sulfonamides is 1. The van der Waals surface area contributed by atoms with E-state index in [9.17, 15) is 13.2 Å². The molecule has 1 saturated heterocycles. The lowest BCUT2D eigenvalue weighted by molar-refractivity contribution is -0.130. The predicted molar refractivity (Wildman–Crippen MR) is 88.0 cm³/mol. The van der Waals surface area contributed by atoms with Crippen molar-refractivity contribution in [2.24, 2.45) is 0 Å². The summed E-state index contributed by atoms with van der Waals surface area (Å²) in [5, 5.41) is 0. The highest BCUT2D eigenvalue weighted by Gasteiger charge is 2.22. The van der Waals surface area contributed by atoms with E-state index in [1.807, 2.05) is 4.90 Å². The number of allylic oxidation sites excluding steroid dienone is 1. The summed E-state index contributed by atoms with van der Waals surface area (Å²) in [5.41, 5.74) is 1.37. The Hall–Kier alpha value is -0.880. The maximum Gasteiger partial charge on any atom is 0.223 e. The molecule has 0 saturated carbocycles. The van der Waals surface area contributed by atoms with Gasteiger partial charge in [0, 0.05) is 32.6 Å².